The Hall–Kier alpha value is -2.19. The molecule has 1 aromatic carbocycles. The Morgan fingerprint density at radius 1 is 1.04 bits per heavy atom. The van der Waals surface area contributed by atoms with E-state index < -0.39 is 7.14 Å². The monoisotopic (exact) mass is 339 g/mol. The third-order valence-electron chi connectivity index (χ3n) is 4.10. The van der Waals surface area contributed by atoms with Crippen molar-refractivity contribution in [2.24, 2.45) is 0 Å². The van der Waals surface area contributed by atoms with Gasteiger partial charge in [0.25, 0.3) is 0 Å². The summed E-state index contributed by atoms with van der Waals surface area (Å²) < 4.78 is 12.2. The lowest BCUT2D eigenvalue weighted by Gasteiger charge is -2.12. The van der Waals surface area contributed by atoms with Gasteiger partial charge in [-0.3, -0.25) is 9.97 Å². The maximum atomic E-state index is 12.2. The minimum Gasteiger partial charge on any atom is -0.379 e. The SMILES string of the molecule is CCc1ccc2nccc(NCc3cc(P(C)(C)=O)ccn3)c2c1. The second kappa shape index (κ2) is 6.74. The van der Waals surface area contributed by atoms with Crippen LogP contribution in [-0.4, -0.2) is 23.3 Å². The van der Waals surface area contributed by atoms with E-state index in [1.165, 1.54) is 5.56 Å². The van der Waals surface area contributed by atoms with Gasteiger partial charge in [0.15, 0.2) is 0 Å². The fourth-order valence-corrected chi connectivity index (χ4v) is 3.54. The highest BCUT2D eigenvalue weighted by atomic mass is 31.2. The summed E-state index contributed by atoms with van der Waals surface area (Å²) in [5.74, 6) is 0. The maximum Gasteiger partial charge on any atom is 0.109 e. The number of aromatic nitrogens is 2. The third kappa shape index (κ3) is 3.65. The summed E-state index contributed by atoms with van der Waals surface area (Å²) in [4.78, 5) is 8.81. The van der Waals surface area contributed by atoms with Crippen molar-refractivity contribution >= 4 is 29.0 Å². The highest BCUT2D eigenvalue weighted by molar-refractivity contribution is 7.70. The van der Waals surface area contributed by atoms with Crippen molar-refractivity contribution in [1.29, 1.82) is 0 Å². The molecule has 0 unspecified atom stereocenters. The van der Waals surface area contributed by atoms with Crippen LogP contribution in [0.2, 0.25) is 0 Å². The van der Waals surface area contributed by atoms with Crippen LogP contribution in [0.15, 0.2) is 48.8 Å². The van der Waals surface area contributed by atoms with E-state index in [0.717, 1.165) is 34.0 Å². The number of anilines is 1. The summed E-state index contributed by atoms with van der Waals surface area (Å²) in [5.41, 5.74) is 4.19. The number of benzene rings is 1. The molecule has 2 heterocycles. The molecule has 0 aliphatic carbocycles. The summed E-state index contributed by atoms with van der Waals surface area (Å²) >= 11 is 0. The zero-order valence-corrected chi connectivity index (χ0v) is 15.2. The number of hydrogen-bond acceptors (Lipinski definition) is 4. The predicted molar refractivity (Wildman–Crippen MR) is 102 cm³/mol. The maximum absolute atomic E-state index is 12.2. The lowest BCUT2D eigenvalue weighted by atomic mass is 10.1. The normalized spacial score (nSPS) is 11.6. The van der Waals surface area contributed by atoms with Crippen molar-refractivity contribution in [3.05, 3.63) is 60.0 Å². The molecule has 0 amide bonds. The van der Waals surface area contributed by atoms with E-state index in [0.29, 0.717) is 6.54 Å². The smallest absolute Gasteiger partial charge is 0.109 e. The Morgan fingerprint density at radius 2 is 1.83 bits per heavy atom. The van der Waals surface area contributed by atoms with Crippen molar-refractivity contribution in [3.63, 3.8) is 0 Å². The molecular weight excluding hydrogens is 317 g/mol. The number of nitrogens with one attached hydrogen (secondary N) is 1. The average Bonchev–Trinajstić information content (AvgIpc) is 2.59. The second-order valence-electron chi connectivity index (χ2n) is 6.27. The van der Waals surface area contributed by atoms with E-state index in [4.69, 9.17) is 0 Å². The second-order valence-corrected chi connectivity index (χ2v) is 9.49. The van der Waals surface area contributed by atoms with E-state index in [9.17, 15) is 4.57 Å². The first-order chi connectivity index (χ1) is 11.5. The highest BCUT2D eigenvalue weighted by Crippen LogP contribution is 2.34. The lowest BCUT2D eigenvalue weighted by molar-refractivity contribution is 0.588. The third-order valence-corrected chi connectivity index (χ3v) is 5.62. The van der Waals surface area contributed by atoms with Crippen LogP contribution in [0.3, 0.4) is 0 Å². The molecule has 0 radical (unpaired) electrons. The summed E-state index contributed by atoms with van der Waals surface area (Å²) in [6.07, 6.45) is 4.54. The molecular formula is C19H22N3OP. The zero-order chi connectivity index (χ0) is 17.2. The van der Waals surface area contributed by atoms with Gasteiger partial charge in [-0.05, 0) is 55.6 Å². The first-order valence-corrected chi connectivity index (χ1v) is 10.7. The number of pyridine rings is 2. The van der Waals surface area contributed by atoms with Gasteiger partial charge in [0.2, 0.25) is 0 Å². The molecule has 0 spiro atoms. The first-order valence-electron chi connectivity index (χ1n) is 8.09. The fourth-order valence-electron chi connectivity index (χ4n) is 2.65. The molecule has 2 aromatic heterocycles. The van der Waals surface area contributed by atoms with Crippen molar-refractivity contribution in [2.75, 3.05) is 18.6 Å². The van der Waals surface area contributed by atoms with Gasteiger partial charge < -0.3 is 9.88 Å². The van der Waals surface area contributed by atoms with E-state index in [1.807, 2.05) is 24.4 Å². The largest absolute Gasteiger partial charge is 0.379 e. The van der Waals surface area contributed by atoms with Gasteiger partial charge >= 0.3 is 0 Å². The molecule has 1 N–H and O–H groups in total. The van der Waals surface area contributed by atoms with Crippen LogP contribution < -0.4 is 10.6 Å². The Bertz CT molecular complexity index is 917. The number of aryl methyl sites for hydroxylation is 1. The van der Waals surface area contributed by atoms with Crippen molar-refractivity contribution in [3.8, 4) is 0 Å². The molecule has 4 nitrogen and oxygen atoms in total. The Kier molecular flexibility index (Phi) is 4.68. The van der Waals surface area contributed by atoms with Crippen LogP contribution in [0.5, 0.6) is 0 Å². The summed E-state index contributed by atoms with van der Waals surface area (Å²) in [6.45, 7) is 6.29. The van der Waals surface area contributed by atoms with Gasteiger partial charge in [0, 0.05) is 28.8 Å². The minimum absolute atomic E-state index is 0.587. The molecule has 3 rings (SSSR count). The summed E-state index contributed by atoms with van der Waals surface area (Å²) in [5, 5.41) is 5.42. The van der Waals surface area contributed by atoms with Gasteiger partial charge in [0.05, 0.1) is 17.8 Å². The Balaban J connectivity index is 1.87. The summed E-state index contributed by atoms with van der Waals surface area (Å²) in [6, 6.07) is 12.1. The molecule has 0 fully saturated rings. The molecule has 0 aliphatic rings. The van der Waals surface area contributed by atoms with Gasteiger partial charge in [0.1, 0.15) is 7.14 Å². The van der Waals surface area contributed by atoms with Crippen LogP contribution >= 0.6 is 7.14 Å². The molecule has 5 heteroatoms. The van der Waals surface area contributed by atoms with Crippen molar-refractivity contribution in [2.45, 2.75) is 19.9 Å². The number of rotatable bonds is 5. The number of fused-ring (bicyclic) bond motifs is 1. The molecule has 0 aliphatic heterocycles. The zero-order valence-electron chi connectivity index (χ0n) is 14.3. The predicted octanol–water partition coefficient (Wildman–Crippen LogP) is 4.05. The first kappa shape index (κ1) is 16.7. The minimum atomic E-state index is -2.27. The van der Waals surface area contributed by atoms with Crippen LogP contribution in [0.1, 0.15) is 18.2 Å². The number of nitrogens with zero attached hydrogens (tertiary/aromatic N) is 2. The van der Waals surface area contributed by atoms with Crippen LogP contribution in [-0.2, 0) is 17.5 Å². The van der Waals surface area contributed by atoms with Gasteiger partial charge in [-0.1, -0.05) is 13.0 Å². The summed E-state index contributed by atoms with van der Waals surface area (Å²) in [7, 11) is -2.27. The topological polar surface area (TPSA) is 54.9 Å². The standard InChI is InChI=1S/C19H22N3OP/c1-4-14-5-6-18-17(11-14)19(8-10-21-18)22-13-15-12-16(7-9-20-15)24(2,3)23/h5-12H,4,13H2,1-3H3,(H,21,22). The molecule has 0 atom stereocenters. The van der Waals surface area contributed by atoms with Gasteiger partial charge in [-0.25, -0.2) is 0 Å². The van der Waals surface area contributed by atoms with Gasteiger partial charge in [-0.15, -0.1) is 0 Å². The fraction of sp³-hybridized carbons (Fsp3) is 0.263. The van der Waals surface area contributed by atoms with Gasteiger partial charge in [-0.2, -0.15) is 0 Å². The molecule has 3 aromatic rings. The van der Waals surface area contributed by atoms with Crippen LogP contribution in [0, 0.1) is 0 Å². The molecule has 0 saturated heterocycles. The Labute approximate surface area is 142 Å². The van der Waals surface area contributed by atoms with E-state index in [1.54, 1.807) is 19.5 Å². The van der Waals surface area contributed by atoms with Crippen LogP contribution in [0.4, 0.5) is 5.69 Å². The van der Waals surface area contributed by atoms with Crippen LogP contribution in [0.25, 0.3) is 10.9 Å². The molecule has 124 valence electrons. The molecule has 0 bridgehead atoms. The average molecular weight is 339 g/mol. The molecule has 0 saturated carbocycles. The van der Waals surface area contributed by atoms with E-state index >= 15 is 0 Å². The quantitative estimate of drug-likeness (QED) is 0.713. The Morgan fingerprint density at radius 3 is 2.58 bits per heavy atom. The lowest BCUT2D eigenvalue weighted by Crippen LogP contribution is -2.09. The van der Waals surface area contributed by atoms with Crippen molar-refractivity contribution < 1.29 is 4.57 Å². The number of hydrogen-bond donors (Lipinski definition) is 1. The highest BCUT2D eigenvalue weighted by Gasteiger charge is 2.11. The van der Waals surface area contributed by atoms with E-state index in [2.05, 4.69) is 40.4 Å². The molecule has 24 heavy (non-hydrogen) atoms. The van der Waals surface area contributed by atoms with Crippen molar-refractivity contribution in [1.82, 2.24) is 9.97 Å². The van der Waals surface area contributed by atoms with E-state index in [-0.39, 0.29) is 0 Å².